The van der Waals surface area contributed by atoms with Crippen molar-refractivity contribution in [3.8, 4) is 0 Å². The largest absolute Gasteiger partial charge is 0.449 e. The van der Waals surface area contributed by atoms with Crippen LogP contribution in [0.4, 0.5) is 13.2 Å². The monoisotopic (exact) mass is 258 g/mol. The topological polar surface area (TPSA) is 43.6 Å². The molecule has 2 aromatic heterocycles. The van der Waals surface area contributed by atoms with Crippen LogP contribution in [0, 0.1) is 0 Å². The molecule has 0 saturated heterocycles. The van der Waals surface area contributed by atoms with Gasteiger partial charge >= 0.3 is 6.18 Å². The second-order valence-electron chi connectivity index (χ2n) is 3.56. The SMILES string of the molecule is Cn1c(C(F)(F)F)nc2c3nsnc3ccc21. The third-order valence-electron chi connectivity index (χ3n) is 2.53. The molecule has 0 atom stereocenters. The van der Waals surface area contributed by atoms with Crippen molar-refractivity contribution in [1.29, 1.82) is 0 Å². The maximum absolute atomic E-state index is 12.7. The van der Waals surface area contributed by atoms with Crippen molar-refractivity contribution in [2.24, 2.45) is 7.05 Å². The minimum absolute atomic E-state index is 0.242. The lowest BCUT2D eigenvalue weighted by Crippen LogP contribution is -2.12. The average molecular weight is 258 g/mol. The molecule has 0 fully saturated rings. The Morgan fingerprint density at radius 2 is 1.94 bits per heavy atom. The Bertz CT molecular complexity index is 712. The summed E-state index contributed by atoms with van der Waals surface area (Å²) >= 11 is 0.960. The molecule has 8 heteroatoms. The number of benzene rings is 1. The summed E-state index contributed by atoms with van der Waals surface area (Å²) in [4.78, 5) is 3.63. The maximum atomic E-state index is 12.7. The summed E-state index contributed by atoms with van der Waals surface area (Å²) in [5.74, 6) is -0.923. The van der Waals surface area contributed by atoms with Gasteiger partial charge in [0.2, 0.25) is 5.82 Å². The van der Waals surface area contributed by atoms with Crippen molar-refractivity contribution in [3.05, 3.63) is 18.0 Å². The first-order chi connectivity index (χ1) is 7.98. The van der Waals surface area contributed by atoms with Crippen LogP contribution in [0.3, 0.4) is 0 Å². The first kappa shape index (κ1) is 10.5. The lowest BCUT2D eigenvalue weighted by Gasteiger charge is -2.05. The third kappa shape index (κ3) is 1.40. The molecule has 0 aliphatic rings. The molecule has 0 aliphatic carbocycles. The van der Waals surface area contributed by atoms with Gasteiger partial charge in [0.25, 0.3) is 0 Å². The summed E-state index contributed by atoms with van der Waals surface area (Å²) in [5.41, 5.74) is 1.62. The molecule has 17 heavy (non-hydrogen) atoms. The van der Waals surface area contributed by atoms with Crippen molar-refractivity contribution in [2.75, 3.05) is 0 Å². The molecular weight excluding hydrogens is 253 g/mol. The molecule has 2 heterocycles. The van der Waals surface area contributed by atoms with Gasteiger partial charge in [-0.25, -0.2) is 4.98 Å². The minimum atomic E-state index is -4.47. The maximum Gasteiger partial charge on any atom is 0.449 e. The molecule has 0 unspecified atom stereocenters. The van der Waals surface area contributed by atoms with Gasteiger partial charge in [-0.15, -0.1) is 0 Å². The number of nitrogens with zero attached hydrogens (tertiary/aromatic N) is 4. The average Bonchev–Trinajstić information content (AvgIpc) is 2.80. The lowest BCUT2D eigenvalue weighted by molar-refractivity contribution is -0.146. The van der Waals surface area contributed by atoms with Crippen LogP contribution in [0.25, 0.3) is 22.1 Å². The molecule has 0 aliphatic heterocycles. The Labute approximate surface area is 97.0 Å². The predicted molar refractivity (Wildman–Crippen MR) is 56.7 cm³/mol. The van der Waals surface area contributed by atoms with Crippen LogP contribution in [0.1, 0.15) is 5.82 Å². The Balaban J connectivity index is 2.46. The van der Waals surface area contributed by atoms with E-state index in [2.05, 4.69) is 13.7 Å². The molecular formula is C9H5F3N4S. The smallest absolute Gasteiger partial charge is 0.323 e. The van der Waals surface area contributed by atoms with Crippen molar-refractivity contribution in [3.63, 3.8) is 0 Å². The van der Waals surface area contributed by atoms with Gasteiger partial charge in [0.15, 0.2) is 0 Å². The number of hydrogen-bond donors (Lipinski definition) is 0. The van der Waals surface area contributed by atoms with Gasteiger partial charge in [-0.2, -0.15) is 21.9 Å². The van der Waals surface area contributed by atoms with E-state index in [0.29, 0.717) is 16.6 Å². The zero-order valence-electron chi connectivity index (χ0n) is 8.49. The Morgan fingerprint density at radius 1 is 1.18 bits per heavy atom. The van der Waals surface area contributed by atoms with Crippen LogP contribution in [0.2, 0.25) is 0 Å². The summed E-state index contributed by atoms with van der Waals surface area (Å²) in [6.07, 6.45) is -4.47. The molecule has 88 valence electrons. The van der Waals surface area contributed by atoms with E-state index in [9.17, 15) is 13.2 Å². The summed E-state index contributed by atoms with van der Waals surface area (Å²) in [7, 11) is 1.34. The fourth-order valence-corrected chi connectivity index (χ4v) is 2.29. The van der Waals surface area contributed by atoms with Crippen LogP contribution in [0.5, 0.6) is 0 Å². The zero-order chi connectivity index (χ0) is 12.2. The van der Waals surface area contributed by atoms with E-state index in [1.165, 1.54) is 7.05 Å². The summed E-state index contributed by atoms with van der Waals surface area (Å²) < 4.78 is 47.1. The molecule has 1 aromatic carbocycles. The van der Waals surface area contributed by atoms with Gasteiger partial charge in [-0.05, 0) is 12.1 Å². The summed E-state index contributed by atoms with van der Waals surface area (Å²) in [5, 5.41) is 0. The highest BCUT2D eigenvalue weighted by atomic mass is 32.1. The number of hydrogen-bond acceptors (Lipinski definition) is 4. The number of aryl methyl sites for hydroxylation is 1. The normalized spacial score (nSPS) is 12.7. The molecule has 0 radical (unpaired) electrons. The first-order valence-corrected chi connectivity index (χ1v) is 5.36. The van der Waals surface area contributed by atoms with Gasteiger partial charge in [-0.1, -0.05) is 0 Å². The number of imidazole rings is 1. The van der Waals surface area contributed by atoms with E-state index in [1.54, 1.807) is 12.1 Å². The van der Waals surface area contributed by atoms with E-state index >= 15 is 0 Å². The molecule has 0 bridgehead atoms. The molecule has 0 amide bonds. The fraction of sp³-hybridized carbons (Fsp3) is 0.222. The quantitative estimate of drug-likeness (QED) is 0.622. The molecule has 0 saturated carbocycles. The van der Waals surface area contributed by atoms with Crippen LogP contribution < -0.4 is 0 Å². The molecule has 4 nitrogen and oxygen atoms in total. The van der Waals surface area contributed by atoms with Crippen LogP contribution >= 0.6 is 11.7 Å². The predicted octanol–water partition coefficient (Wildman–Crippen LogP) is 2.60. The van der Waals surface area contributed by atoms with E-state index < -0.39 is 12.0 Å². The summed E-state index contributed by atoms with van der Waals surface area (Å²) in [6, 6.07) is 3.21. The number of rotatable bonds is 0. The van der Waals surface area contributed by atoms with Gasteiger partial charge in [0.05, 0.1) is 17.2 Å². The minimum Gasteiger partial charge on any atom is -0.323 e. The highest BCUT2D eigenvalue weighted by Gasteiger charge is 2.37. The van der Waals surface area contributed by atoms with Gasteiger partial charge < -0.3 is 4.57 Å². The lowest BCUT2D eigenvalue weighted by atomic mass is 10.2. The van der Waals surface area contributed by atoms with Gasteiger partial charge in [0, 0.05) is 7.05 Å². The van der Waals surface area contributed by atoms with Crippen molar-refractivity contribution in [1.82, 2.24) is 18.3 Å². The number of halogens is 3. The van der Waals surface area contributed by atoms with E-state index in [1.807, 2.05) is 0 Å². The van der Waals surface area contributed by atoms with Crippen molar-refractivity contribution < 1.29 is 13.2 Å². The highest BCUT2D eigenvalue weighted by molar-refractivity contribution is 7.00. The molecule has 3 rings (SSSR count). The number of alkyl halides is 3. The van der Waals surface area contributed by atoms with Crippen LogP contribution in [-0.2, 0) is 13.2 Å². The summed E-state index contributed by atoms with van der Waals surface area (Å²) in [6.45, 7) is 0. The van der Waals surface area contributed by atoms with Crippen molar-refractivity contribution in [2.45, 2.75) is 6.18 Å². The fourth-order valence-electron chi connectivity index (χ4n) is 1.76. The second kappa shape index (κ2) is 3.16. The molecule has 0 spiro atoms. The highest BCUT2D eigenvalue weighted by Crippen LogP contribution is 2.32. The molecule has 0 N–H and O–H groups in total. The van der Waals surface area contributed by atoms with E-state index in [0.717, 1.165) is 16.3 Å². The Morgan fingerprint density at radius 3 is 2.65 bits per heavy atom. The second-order valence-corrected chi connectivity index (χ2v) is 4.09. The third-order valence-corrected chi connectivity index (χ3v) is 3.07. The van der Waals surface area contributed by atoms with Gasteiger partial charge in [-0.3, -0.25) is 0 Å². The number of fused-ring (bicyclic) bond motifs is 3. The van der Waals surface area contributed by atoms with E-state index in [4.69, 9.17) is 0 Å². The zero-order valence-corrected chi connectivity index (χ0v) is 9.30. The standard InChI is InChI=1S/C9H5F3N4S/c1-16-5-3-2-4-6(15-17-14-4)7(5)13-8(16)9(10,11)12/h2-3H,1H3. The first-order valence-electron chi connectivity index (χ1n) is 4.63. The number of aromatic nitrogens is 4. The van der Waals surface area contributed by atoms with Gasteiger partial charge in [0.1, 0.15) is 16.6 Å². The molecule has 3 aromatic rings. The van der Waals surface area contributed by atoms with E-state index in [-0.39, 0.29) is 5.52 Å². The van der Waals surface area contributed by atoms with Crippen LogP contribution in [0.15, 0.2) is 12.1 Å². The Hall–Kier alpha value is -1.70. The Kier molecular flexibility index (Phi) is 1.94. The van der Waals surface area contributed by atoms with Crippen LogP contribution in [-0.4, -0.2) is 18.3 Å². The van der Waals surface area contributed by atoms with Crippen molar-refractivity contribution >= 4 is 33.8 Å².